The Balaban J connectivity index is 2.11. The molecule has 0 aromatic carbocycles. The van der Waals surface area contributed by atoms with Crippen molar-refractivity contribution >= 4 is 5.91 Å². The molecule has 114 valence electrons. The van der Waals surface area contributed by atoms with Crippen molar-refractivity contribution in [3.63, 3.8) is 0 Å². The van der Waals surface area contributed by atoms with Gasteiger partial charge in [-0.1, -0.05) is 18.8 Å². The maximum absolute atomic E-state index is 11.8. The topological polar surface area (TPSA) is 68.9 Å². The number of nitrogens with zero attached hydrogens (tertiary/aromatic N) is 3. The van der Waals surface area contributed by atoms with Gasteiger partial charge in [-0.05, 0) is 31.6 Å². The lowest BCUT2D eigenvalue weighted by Gasteiger charge is -2.31. The van der Waals surface area contributed by atoms with Crippen LogP contribution in [0.15, 0.2) is 4.79 Å². The fourth-order valence-corrected chi connectivity index (χ4v) is 2.98. The molecule has 6 heteroatoms. The lowest BCUT2D eigenvalue weighted by atomic mass is 9.82. The Morgan fingerprint density at radius 2 is 2.10 bits per heavy atom. The first kappa shape index (κ1) is 15.4. The van der Waals surface area contributed by atoms with E-state index in [0.29, 0.717) is 12.3 Å². The van der Waals surface area contributed by atoms with Crippen LogP contribution in [0, 0.1) is 17.8 Å². The molecule has 0 unspecified atom stereocenters. The van der Waals surface area contributed by atoms with Crippen LogP contribution in [-0.4, -0.2) is 26.3 Å². The third-order valence-corrected chi connectivity index (χ3v) is 4.13. The predicted octanol–water partition coefficient (Wildman–Crippen LogP) is 0.360. The van der Waals surface area contributed by atoms with Crippen LogP contribution >= 0.6 is 0 Å². The highest BCUT2D eigenvalue weighted by molar-refractivity contribution is 5.93. The summed E-state index contributed by atoms with van der Waals surface area (Å²) in [5, 5.41) is 7.28. The molecule has 1 amide bonds. The molecule has 1 heterocycles. The summed E-state index contributed by atoms with van der Waals surface area (Å²) in [6.07, 6.45) is 4.97. The van der Waals surface area contributed by atoms with Gasteiger partial charge in [0.1, 0.15) is 5.82 Å². The molecule has 0 spiro atoms. The number of amides is 1. The molecule has 0 radical (unpaired) electrons. The SMILES string of the molecule is CC#CC(=O)N[C@@H]1CCCC[C@@H]1Cc1nn(C)c(=O)n1C. The number of nitrogens with one attached hydrogen (secondary N) is 1. The van der Waals surface area contributed by atoms with E-state index in [-0.39, 0.29) is 17.6 Å². The van der Waals surface area contributed by atoms with Gasteiger partial charge >= 0.3 is 5.69 Å². The third-order valence-electron chi connectivity index (χ3n) is 4.13. The van der Waals surface area contributed by atoms with Crippen molar-refractivity contribution in [2.24, 2.45) is 20.0 Å². The van der Waals surface area contributed by atoms with E-state index in [1.165, 1.54) is 4.68 Å². The maximum atomic E-state index is 11.8. The molecule has 1 aromatic heterocycles. The fraction of sp³-hybridized carbons (Fsp3) is 0.667. The summed E-state index contributed by atoms with van der Waals surface area (Å²) >= 11 is 0. The Morgan fingerprint density at radius 3 is 2.71 bits per heavy atom. The van der Waals surface area contributed by atoms with Crippen LogP contribution in [0.2, 0.25) is 0 Å². The zero-order valence-corrected chi connectivity index (χ0v) is 12.8. The number of rotatable bonds is 3. The second kappa shape index (κ2) is 6.61. The Morgan fingerprint density at radius 1 is 1.38 bits per heavy atom. The second-order valence-corrected chi connectivity index (χ2v) is 5.59. The van der Waals surface area contributed by atoms with Crippen molar-refractivity contribution in [1.29, 1.82) is 0 Å². The van der Waals surface area contributed by atoms with Crippen LogP contribution in [-0.2, 0) is 25.3 Å². The molecule has 1 N–H and O–H groups in total. The number of carbonyl (C=O) groups excluding carboxylic acids is 1. The van der Waals surface area contributed by atoms with Gasteiger partial charge in [-0.25, -0.2) is 9.48 Å². The quantitative estimate of drug-likeness (QED) is 0.817. The number of hydrogen-bond acceptors (Lipinski definition) is 3. The van der Waals surface area contributed by atoms with E-state index in [2.05, 4.69) is 22.3 Å². The van der Waals surface area contributed by atoms with Gasteiger partial charge in [-0.2, -0.15) is 5.10 Å². The first-order chi connectivity index (χ1) is 10.0. The zero-order chi connectivity index (χ0) is 15.4. The van der Waals surface area contributed by atoms with Crippen LogP contribution in [0.1, 0.15) is 38.4 Å². The standard InChI is InChI=1S/C15H22N4O2/c1-4-7-14(20)16-12-9-6-5-8-11(12)10-13-17-19(3)15(21)18(13)2/h11-12H,5-6,8-10H2,1-3H3,(H,16,20)/t11-,12-/m1/s1. The van der Waals surface area contributed by atoms with E-state index >= 15 is 0 Å². The Bertz CT molecular complexity index is 632. The summed E-state index contributed by atoms with van der Waals surface area (Å²) < 4.78 is 2.94. The predicted molar refractivity (Wildman–Crippen MR) is 79.5 cm³/mol. The molecule has 2 atom stereocenters. The lowest BCUT2D eigenvalue weighted by molar-refractivity contribution is -0.116. The summed E-state index contributed by atoms with van der Waals surface area (Å²) in [5.41, 5.74) is -0.113. The summed E-state index contributed by atoms with van der Waals surface area (Å²) in [5.74, 6) is 6.01. The van der Waals surface area contributed by atoms with E-state index in [1.807, 2.05) is 0 Å². The average molecular weight is 290 g/mol. The summed E-state index contributed by atoms with van der Waals surface area (Å²) in [7, 11) is 3.40. The van der Waals surface area contributed by atoms with Gasteiger partial charge < -0.3 is 5.32 Å². The molecule has 1 aromatic rings. The van der Waals surface area contributed by atoms with Crippen molar-refractivity contribution in [3.8, 4) is 11.8 Å². The molecule has 1 fully saturated rings. The second-order valence-electron chi connectivity index (χ2n) is 5.59. The van der Waals surface area contributed by atoms with Crippen LogP contribution in [0.25, 0.3) is 0 Å². The van der Waals surface area contributed by atoms with Crippen LogP contribution in [0.5, 0.6) is 0 Å². The minimum atomic E-state index is -0.218. The number of carbonyl (C=O) groups is 1. The molecule has 2 rings (SSSR count). The highest BCUT2D eigenvalue weighted by Crippen LogP contribution is 2.26. The van der Waals surface area contributed by atoms with Crippen LogP contribution in [0.3, 0.4) is 0 Å². The minimum Gasteiger partial charge on any atom is -0.342 e. The molecular formula is C15H22N4O2. The number of aromatic nitrogens is 3. The molecule has 0 saturated heterocycles. The Kier molecular flexibility index (Phi) is 4.84. The molecule has 1 aliphatic carbocycles. The van der Waals surface area contributed by atoms with Crippen molar-refractivity contribution in [2.75, 3.05) is 0 Å². The van der Waals surface area contributed by atoms with Gasteiger partial charge in [0.15, 0.2) is 0 Å². The van der Waals surface area contributed by atoms with E-state index in [9.17, 15) is 9.59 Å². The van der Waals surface area contributed by atoms with Crippen LogP contribution < -0.4 is 11.0 Å². The Labute approximate surface area is 124 Å². The first-order valence-corrected chi connectivity index (χ1v) is 7.35. The molecule has 1 aliphatic rings. The summed E-state index contributed by atoms with van der Waals surface area (Å²) in [4.78, 5) is 23.4. The van der Waals surface area contributed by atoms with Crippen molar-refractivity contribution in [2.45, 2.75) is 45.1 Å². The van der Waals surface area contributed by atoms with Gasteiger partial charge in [0, 0.05) is 26.6 Å². The monoisotopic (exact) mass is 290 g/mol. The van der Waals surface area contributed by atoms with Crippen LogP contribution in [0.4, 0.5) is 0 Å². The van der Waals surface area contributed by atoms with E-state index in [1.54, 1.807) is 25.6 Å². The fourth-order valence-electron chi connectivity index (χ4n) is 2.98. The van der Waals surface area contributed by atoms with Gasteiger partial charge in [-0.3, -0.25) is 9.36 Å². The minimum absolute atomic E-state index is 0.113. The average Bonchev–Trinajstić information content (AvgIpc) is 2.69. The zero-order valence-electron chi connectivity index (χ0n) is 12.8. The highest BCUT2D eigenvalue weighted by atomic mass is 16.2. The van der Waals surface area contributed by atoms with Crippen molar-refractivity contribution in [1.82, 2.24) is 19.7 Å². The summed E-state index contributed by atoms with van der Waals surface area (Å²) in [6.45, 7) is 1.65. The molecule has 21 heavy (non-hydrogen) atoms. The summed E-state index contributed by atoms with van der Waals surface area (Å²) in [6, 6.07) is 0.115. The van der Waals surface area contributed by atoms with E-state index < -0.39 is 0 Å². The molecule has 0 aliphatic heterocycles. The molecule has 1 saturated carbocycles. The molecule has 0 bridgehead atoms. The normalized spacial score (nSPS) is 21.5. The number of hydrogen-bond donors (Lipinski definition) is 1. The smallest absolute Gasteiger partial charge is 0.342 e. The molecule has 6 nitrogen and oxygen atoms in total. The van der Waals surface area contributed by atoms with E-state index in [4.69, 9.17) is 0 Å². The van der Waals surface area contributed by atoms with E-state index in [0.717, 1.165) is 31.5 Å². The number of aryl methyl sites for hydroxylation is 1. The highest BCUT2D eigenvalue weighted by Gasteiger charge is 2.28. The van der Waals surface area contributed by atoms with Gasteiger partial charge in [0.05, 0.1) is 0 Å². The first-order valence-electron chi connectivity index (χ1n) is 7.35. The van der Waals surface area contributed by atoms with Crippen molar-refractivity contribution < 1.29 is 4.79 Å². The third kappa shape index (κ3) is 3.54. The Hall–Kier alpha value is -2.03. The van der Waals surface area contributed by atoms with Gasteiger partial charge in [0.25, 0.3) is 5.91 Å². The molecular weight excluding hydrogens is 268 g/mol. The van der Waals surface area contributed by atoms with Gasteiger partial charge in [0.2, 0.25) is 0 Å². The van der Waals surface area contributed by atoms with Crippen molar-refractivity contribution in [3.05, 3.63) is 16.3 Å². The maximum Gasteiger partial charge on any atom is 0.345 e. The lowest BCUT2D eigenvalue weighted by Crippen LogP contribution is -2.42. The largest absolute Gasteiger partial charge is 0.345 e. The van der Waals surface area contributed by atoms with Gasteiger partial charge in [-0.15, -0.1) is 0 Å².